The van der Waals surface area contributed by atoms with Gasteiger partial charge >= 0.3 is 0 Å². The zero-order chi connectivity index (χ0) is 81.2. The van der Waals surface area contributed by atoms with Gasteiger partial charge in [0.15, 0.2) is 0 Å². The van der Waals surface area contributed by atoms with Crippen LogP contribution in [0.4, 0.5) is 0 Å². The van der Waals surface area contributed by atoms with Gasteiger partial charge < -0.3 is 22.8 Å². The minimum Gasteiger partial charge on any atom is -0.344 e. The van der Waals surface area contributed by atoms with E-state index in [1.54, 1.807) is 0 Å². The van der Waals surface area contributed by atoms with Crippen LogP contribution in [0.2, 0.25) is 0 Å². The zero-order valence-corrected chi connectivity index (χ0v) is 68.4. The smallest absolute Gasteiger partial charge is 0.0713 e. The minimum absolute atomic E-state index is 0.263. The molecule has 0 aliphatic heterocycles. The molecule has 0 spiro atoms. The van der Waals surface area contributed by atoms with Crippen molar-refractivity contribution in [3.63, 3.8) is 0 Å². The number of aryl methyl sites for hydroxylation is 6. The Morgan fingerprint density at radius 1 is 0.200 bits per heavy atom. The molecule has 0 saturated heterocycles. The average Bonchev–Trinajstić information content (AvgIpc) is 1.53. The first-order chi connectivity index (χ1) is 59.1. The van der Waals surface area contributed by atoms with E-state index < -0.39 is 0 Å². The largest absolute Gasteiger partial charge is 0.344 e. The van der Waals surface area contributed by atoms with Crippen LogP contribution in [0.3, 0.4) is 0 Å². The molecule has 0 bridgehead atoms. The van der Waals surface area contributed by atoms with E-state index in [-0.39, 0.29) is 5.41 Å². The third kappa shape index (κ3) is 13.5. The Labute approximate surface area is 701 Å². The Morgan fingerprint density at radius 2 is 0.525 bits per heavy atom. The molecule has 0 amide bonds. The molecule has 120 heavy (non-hydrogen) atoms. The second-order valence-corrected chi connectivity index (χ2v) is 31.4. The maximum absolute atomic E-state index is 2.36. The molecule has 1 aliphatic rings. The molecule has 0 fully saturated rings. The van der Waals surface area contributed by atoms with Crippen LogP contribution in [-0.2, 0) is 12.5 Å². The SMILES string of the molecule is Cc1ccc2c(c1)c1ccccc1n2-c1ccccc1.Cc1ccc2c3ccccc3n(-c3ccccc3)c2c1.Cc1cccc2c1-c1ccccc1C2(c1ccccc1)c1ccccc1.Cc1cccc2c1c1ccccc1n2-c1ccccc1.Cc1cccc2c3ccccc3n(-c3ccccc3)c12.Cn1c2ccccc2c2ccccc21. The highest BCUT2D eigenvalue weighted by molar-refractivity contribution is 6.14. The summed E-state index contributed by atoms with van der Waals surface area (Å²) in [5.74, 6) is 0. The number of para-hydroxylation sites is 11. The van der Waals surface area contributed by atoms with Gasteiger partial charge in [0.05, 0.1) is 49.5 Å². The van der Waals surface area contributed by atoms with Gasteiger partial charge in [-0.05, 0) is 199 Å². The van der Waals surface area contributed by atoms with Crippen molar-refractivity contribution >= 4 is 109 Å². The Morgan fingerprint density at radius 3 is 1.07 bits per heavy atom. The second-order valence-electron chi connectivity index (χ2n) is 31.4. The minimum atomic E-state index is -0.263. The van der Waals surface area contributed by atoms with Gasteiger partial charge in [0.25, 0.3) is 0 Å². The van der Waals surface area contributed by atoms with Crippen LogP contribution in [0.5, 0.6) is 0 Å². The standard InChI is InChI=1S/C26H20.4C19H15N.C13H11N/c1-19-11-10-18-24-25(19)22-16-8-9-17-23(22)26(24,20-12-4-2-5-13-20)21-14-6-3-7-15-21;1-14-8-7-12-17-16-11-5-6-13-18(16)20(19(14)17)15-9-3-2-4-10-15;1-14-8-7-13-18-19(14)16-11-5-6-12-17(16)20(18)15-9-3-2-4-10-15;1-14-11-12-19-17(13-14)16-9-5-6-10-18(16)20(19)15-7-3-2-4-8-15;1-14-11-12-17-16-9-5-6-10-18(16)20(19(17)13-14)15-7-3-2-4-8-15;1-14-12-8-4-2-6-10(12)11-7-3-5-9-13(11)14/h2-18H,1H3;4*2-13H,1H3;2-9H,1H3. The third-order valence-electron chi connectivity index (χ3n) is 24.0. The number of fused-ring (bicyclic) bond motifs is 18. The summed E-state index contributed by atoms with van der Waals surface area (Å²) in [4.78, 5) is 0. The van der Waals surface area contributed by atoms with Gasteiger partial charge in [0, 0.05) is 94.7 Å². The second kappa shape index (κ2) is 32.6. The van der Waals surface area contributed by atoms with Crippen molar-refractivity contribution in [2.75, 3.05) is 0 Å². The molecule has 5 heteroatoms. The van der Waals surface area contributed by atoms with Gasteiger partial charge in [-0.2, -0.15) is 0 Å². The summed E-state index contributed by atoms with van der Waals surface area (Å²) in [6.45, 7) is 10.9. The van der Waals surface area contributed by atoms with Gasteiger partial charge in [-0.25, -0.2) is 0 Å². The highest BCUT2D eigenvalue weighted by Gasteiger charge is 2.46. The number of hydrogen-bond acceptors (Lipinski definition) is 0. The Balaban J connectivity index is 0.0000000959. The van der Waals surface area contributed by atoms with Crippen molar-refractivity contribution in [2.45, 2.75) is 40.0 Å². The van der Waals surface area contributed by atoms with Crippen molar-refractivity contribution in [2.24, 2.45) is 7.05 Å². The van der Waals surface area contributed by atoms with E-state index in [0.717, 1.165) is 0 Å². The molecule has 24 rings (SSSR count). The summed E-state index contributed by atoms with van der Waals surface area (Å²) in [5, 5.41) is 13.3. The summed E-state index contributed by atoms with van der Waals surface area (Å²) in [5.41, 5.74) is 32.1. The van der Waals surface area contributed by atoms with Crippen LogP contribution in [0.1, 0.15) is 50.1 Å². The Hall–Kier alpha value is -15.0. The third-order valence-corrected chi connectivity index (χ3v) is 24.0. The summed E-state index contributed by atoms with van der Waals surface area (Å²) in [7, 11) is 2.12. The maximum atomic E-state index is 2.36. The van der Waals surface area contributed by atoms with Gasteiger partial charge in [-0.15, -0.1) is 0 Å². The first-order valence-corrected chi connectivity index (χ1v) is 41.5. The molecule has 18 aromatic carbocycles. The van der Waals surface area contributed by atoms with Crippen LogP contribution >= 0.6 is 0 Å². The molecule has 5 aromatic heterocycles. The van der Waals surface area contributed by atoms with E-state index in [1.165, 1.54) is 193 Å². The summed E-state index contributed by atoms with van der Waals surface area (Å²) in [6, 6.07) is 158. The first-order valence-electron chi connectivity index (χ1n) is 41.5. The lowest BCUT2D eigenvalue weighted by molar-refractivity contribution is 0.768. The molecular weight excluding hydrogens is 1450 g/mol. The van der Waals surface area contributed by atoms with Crippen LogP contribution in [-0.4, -0.2) is 22.8 Å². The molecule has 576 valence electrons. The van der Waals surface area contributed by atoms with Gasteiger partial charge in [0.2, 0.25) is 0 Å². The molecular formula is C115H91N5. The number of aromatic nitrogens is 5. The van der Waals surface area contributed by atoms with Gasteiger partial charge in [-0.1, -0.05) is 339 Å². The predicted molar refractivity (Wildman–Crippen MR) is 511 cm³/mol. The van der Waals surface area contributed by atoms with E-state index >= 15 is 0 Å². The molecule has 1 aliphatic carbocycles. The van der Waals surface area contributed by atoms with E-state index in [0.29, 0.717) is 0 Å². The zero-order valence-electron chi connectivity index (χ0n) is 68.4. The monoisotopic (exact) mass is 1540 g/mol. The number of nitrogens with zero attached hydrogens (tertiary/aromatic N) is 5. The fourth-order valence-electron chi connectivity index (χ4n) is 18.8. The molecule has 5 heterocycles. The lowest BCUT2D eigenvalue weighted by Gasteiger charge is -2.33. The highest BCUT2D eigenvalue weighted by atomic mass is 15.0. The van der Waals surface area contributed by atoms with Crippen LogP contribution in [0.15, 0.2) is 443 Å². The predicted octanol–water partition coefficient (Wildman–Crippen LogP) is 30.1. The highest BCUT2D eigenvalue weighted by Crippen LogP contribution is 2.57. The summed E-state index contributed by atoms with van der Waals surface area (Å²) in [6.07, 6.45) is 0. The van der Waals surface area contributed by atoms with Crippen LogP contribution < -0.4 is 0 Å². The fraction of sp³-hybridized carbons (Fsp3) is 0.0609. The summed E-state index contributed by atoms with van der Waals surface area (Å²) < 4.78 is 11.6. The number of rotatable bonds is 6. The van der Waals surface area contributed by atoms with Crippen molar-refractivity contribution in [3.05, 3.63) is 493 Å². The Kier molecular flexibility index (Phi) is 20.4. The van der Waals surface area contributed by atoms with Crippen molar-refractivity contribution in [1.29, 1.82) is 0 Å². The lowest BCUT2D eigenvalue weighted by Crippen LogP contribution is -2.28. The van der Waals surface area contributed by atoms with Gasteiger partial charge in [0.1, 0.15) is 0 Å². The Bertz CT molecular complexity index is 7470. The van der Waals surface area contributed by atoms with Crippen LogP contribution in [0, 0.1) is 34.6 Å². The first kappa shape index (κ1) is 75.0. The normalized spacial score (nSPS) is 11.8. The molecule has 0 radical (unpaired) electrons. The number of benzene rings is 18. The molecule has 0 unspecified atom stereocenters. The van der Waals surface area contributed by atoms with Crippen molar-refractivity contribution in [1.82, 2.24) is 22.8 Å². The van der Waals surface area contributed by atoms with Crippen molar-refractivity contribution in [3.8, 4) is 33.9 Å². The van der Waals surface area contributed by atoms with E-state index in [9.17, 15) is 0 Å². The van der Waals surface area contributed by atoms with Crippen LogP contribution in [0.25, 0.3) is 143 Å². The quantitative estimate of drug-likeness (QED) is 0.159. The molecule has 0 saturated carbocycles. The summed E-state index contributed by atoms with van der Waals surface area (Å²) >= 11 is 0. The fourth-order valence-corrected chi connectivity index (χ4v) is 18.8. The number of hydrogen-bond donors (Lipinski definition) is 0. The van der Waals surface area contributed by atoms with Gasteiger partial charge in [-0.3, -0.25) is 0 Å². The van der Waals surface area contributed by atoms with E-state index in [2.05, 4.69) is 507 Å². The average molecular weight is 1540 g/mol. The molecule has 0 N–H and O–H groups in total. The molecule has 23 aromatic rings. The topological polar surface area (TPSA) is 24.6 Å². The molecule has 5 nitrogen and oxygen atoms in total. The maximum Gasteiger partial charge on any atom is 0.0713 e. The van der Waals surface area contributed by atoms with Crippen molar-refractivity contribution < 1.29 is 0 Å². The lowest BCUT2D eigenvalue weighted by atomic mass is 9.67. The van der Waals surface area contributed by atoms with E-state index in [1.807, 2.05) is 0 Å². The molecule has 0 atom stereocenters. The van der Waals surface area contributed by atoms with E-state index in [4.69, 9.17) is 0 Å².